The van der Waals surface area contributed by atoms with Crippen LogP contribution in [0.25, 0.3) is 5.69 Å². The molecule has 0 aliphatic carbocycles. The zero-order valence-electron chi connectivity index (χ0n) is 6.62. The molecule has 0 amide bonds. The Balaban J connectivity index is 2.57. The highest BCUT2D eigenvalue weighted by atomic mass is 16.3. The number of hydrogen-bond donors (Lipinski definition) is 2. The first-order valence-corrected chi connectivity index (χ1v) is 3.59. The van der Waals surface area contributed by atoms with Crippen molar-refractivity contribution >= 4 is 5.69 Å². The van der Waals surface area contributed by atoms with Gasteiger partial charge in [0.25, 0.3) is 0 Å². The molecular weight excluding hydrogens is 170 g/mol. The summed E-state index contributed by atoms with van der Waals surface area (Å²) >= 11 is 0. The summed E-state index contributed by atoms with van der Waals surface area (Å²) in [6.45, 7) is 0. The average molecular weight is 177 g/mol. The Hall–Kier alpha value is -2.11. The van der Waals surface area contributed by atoms with E-state index in [1.807, 2.05) is 0 Å². The maximum atomic E-state index is 9.43. The van der Waals surface area contributed by atoms with Gasteiger partial charge in [-0.1, -0.05) is 0 Å². The topological polar surface area (TPSA) is 89.8 Å². The van der Waals surface area contributed by atoms with Crippen LogP contribution in [0.4, 0.5) is 5.69 Å². The lowest BCUT2D eigenvalue weighted by Gasteiger charge is -2.02. The fourth-order valence-electron chi connectivity index (χ4n) is 0.996. The van der Waals surface area contributed by atoms with Crippen LogP contribution in [-0.2, 0) is 0 Å². The number of anilines is 1. The van der Waals surface area contributed by atoms with Crippen molar-refractivity contribution in [3.05, 3.63) is 24.5 Å². The van der Waals surface area contributed by atoms with Crippen LogP contribution in [0.3, 0.4) is 0 Å². The normalized spacial score (nSPS) is 10.2. The van der Waals surface area contributed by atoms with E-state index < -0.39 is 0 Å². The molecule has 0 bridgehead atoms. The van der Waals surface area contributed by atoms with Gasteiger partial charge < -0.3 is 10.8 Å². The maximum absolute atomic E-state index is 9.43. The molecule has 0 atom stereocenters. The molecule has 66 valence electrons. The van der Waals surface area contributed by atoms with E-state index in [0.29, 0.717) is 11.4 Å². The summed E-state index contributed by atoms with van der Waals surface area (Å²) in [4.78, 5) is 0. The summed E-state index contributed by atoms with van der Waals surface area (Å²) in [5.41, 5.74) is 6.55. The van der Waals surface area contributed by atoms with Crippen molar-refractivity contribution < 1.29 is 5.11 Å². The first-order chi connectivity index (χ1) is 6.27. The number of rotatable bonds is 1. The minimum Gasteiger partial charge on any atom is -0.506 e. The summed E-state index contributed by atoms with van der Waals surface area (Å²) in [6, 6.07) is 4.68. The lowest BCUT2D eigenvalue weighted by atomic mass is 10.2. The summed E-state index contributed by atoms with van der Waals surface area (Å²) in [5.74, 6) is 0.0847. The van der Waals surface area contributed by atoms with Gasteiger partial charge in [-0.25, -0.2) is 0 Å². The van der Waals surface area contributed by atoms with Crippen molar-refractivity contribution in [3.63, 3.8) is 0 Å². The smallest absolute Gasteiger partial charge is 0.144 e. The third-order valence-electron chi connectivity index (χ3n) is 1.60. The molecule has 0 aliphatic heterocycles. The standard InChI is InChI=1S/C7H7N5O/c8-5-1-2-7(13)6(3-5)12-4-9-10-11-12/h1-4,13H,8H2. The highest BCUT2D eigenvalue weighted by Gasteiger charge is 2.04. The van der Waals surface area contributed by atoms with E-state index in [4.69, 9.17) is 5.73 Å². The van der Waals surface area contributed by atoms with Crippen molar-refractivity contribution in [1.29, 1.82) is 0 Å². The molecule has 1 aromatic heterocycles. The van der Waals surface area contributed by atoms with E-state index in [1.165, 1.54) is 17.1 Å². The Morgan fingerprint density at radius 1 is 1.38 bits per heavy atom. The van der Waals surface area contributed by atoms with Crippen molar-refractivity contribution in [2.75, 3.05) is 5.73 Å². The van der Waals surface area contributed by atoms with Crippen LogP contribution in [0.5, 0.6) is 5.75 Å². The molecule has 6 heteroatoms. The third kappa shape index (κ3) is 1.28. The summed E-state index contributed by atoms with van der Waals surface area (Å²) in [7, 11) is 0. The molecule has 0 fully saturated rings. The van der Waals surface area contributed by atoms with Gasteiger partial charge in [-0.05, 0) is 28.6 Å². The number of aromatic nitrogens is 4. The first kappa shape index (κ1) is 7.53. The van der Waals surface area contributed by atoms with Gasteiger partial charge in [0, 0.05) is 5.69 Å². The SMILES string of the molecule is Nc1ccc(O)c(-n2cnnn2)c1. The van der Waals surface area contributed by atoms with Gasteiger partial charge in [-0.3, -0.25) is 0 Å². The van der Waals surface area contributed by atoms with Crippen LogP contribution in [0.2, 0.25) is 0 Å². The number of nitrogens with two attached hydrogens (primary N) is 1. The Morgan fingerprint density at radius 2 is 2.23 bits per heavy atom. The Bertz CT molecular complexity index is 411. The van der Waals surface area contributed by atoms with E-state index in [-0.39, 0.29) is 5.75 Å². The second-order valence-corrected chi connectivity index (χ2v) is 2.50. The molecule has 6 nitrogen and oxygen atoms in total. The van der Waals surface area contributed by atoms with Gasteiger partial charge in [0.15, 0.2) is 0 Å². The predicted molar refractivity (Wildman–Crippen MR) is 45.2 cm³/mol. The van der Waals surface area contributed by atoms with E-state index >= 15 is 0 Å². The number of aromatic hydroxyl groups is 1. The van der Waals surface area contributed by atoms with Crippen molar-refractivity contribution in [1.82, 2.24) is 20.2 Å². The van der Waals surface area contributed by atoms with Gasteiger partial charge in [0.05, 0.1) is 0 Å². The van der Waals surface area contributed by atoms with E-state index in [9.17, 15) is 5.11 Å². The summed E-state index contributed by atoms with van der Waals surface area (Å²) in [5, 5.41) is 20.0. The molecule has 0 unspecified atom stereocenters. The maximum Gasteiger partial charge on any atom is 0.144 e. The number of nitrogens with zero attached hydrogens (tertiary/aromatic N) is 4. The predicted octanol–water partition coefficient (Wildman–Crippen LogP) is -0.0499. The monoisotopic (exact) mass is 177 g/mol. The second-order valence-electron chi connectivity index (χ2n) is 2.50. The molecule has 2 aromatic rings. The third-order valence-corrected chi connectivity index (χ3v) is 1.60. The number of nitrogen functional groups attached to an aromatic ring is 1. The van der Waals surface area contributed by atoms with Crippen LogP contribution in [0.15, 0.2) is 24.5 Å². The number of hydrogen-bond acceptors (Lipinski definition) is 5. The molecule has 0 saturated carbocycles. The fraction of sp³-hybridized carbons (Fsp3) is 0. The van der Waals surface area contributed by atoms with Crippen molar-refractivity contribution in [2.24, 2.45) is 0 Å². The van der Waals surface area contributed by atoms with Crippen LogP contribution in [0, 0.1) is 0 Å². The molecule has 1 heterocycles. The molecular formula is C7H7N5O. The molecule has 0 spiro atoms. The quantitative estimate of drug-likeness (QED) is 0.470. The van der Waals surface area contributed by atoms with Crippen LogP contribution in [-0.4, -0.2) is 25.3 Å². The Morgan fingerprint density at radius 3 is 2.92 bits per heavy atom. The summed E-state index contributed by atoms with van der Waals surface area (Å²) in [6.07, 6.45) is 1.38. The lowest BCUT2D eigenvalue weighted by molar-refractivity contribution is 0.470. The first-order valence-electron chi connectivity index (χ1n) is 3.59. The van der Waals surface area contributed by atoms with Gasteiger partial charge in [-0.15, -0.1) is 5.10 Å². The average Bonchev–Trinajstić information content (AvgIpc) is 2.61. The highest BCUT2D eigenvalue weighted by molar-refractivity contribution is 5.54. The molecule has 2 rings (SSSR count). The highest BCUT2D eigenvalue weighted by Crippen LogP contribution is 2.22. The molecule has 0 radical (unpaired) electrons. The van der Waals surface area contributed by atoms with Crippen LogP contribution >= 0.6 is 0 Å². The summed E-state index contributed by atoms with van der Waals surface area (Å²) < 4.78 is 1.34. The van der Waals surface area contributed by atoms with Gasteiger partial charge in [0.2, 0.25) is 0 Å². The van der Waals surface area contributed by atoms with E-state index in [0.717, 1.165) is 0 Å². The number of phenols is 1. The van der Waals surface area contributed by atoms with Gasteiger partial charge >= 0.3 is 0 Å². The van der Waals surface area contributed by atoms with E-state index in [2.05, 4.69) is 15.5 Å². The van der Waals surface area contributed by atoms with Gasteiger partial charge in [0.1, 0.15) is 17.8 Å². The largest absolute Gasteiger partial charge is 0.506 e. The van der Waals surface area contributed by atoms with Crippen molar-refractivity contribution in [2.45, 2.75) is 0 Å². The number of tetrazole rings is 1. The molecule has 13 heavy (non-hydrogen) atoms. The number of phenolic OH excluding ortho intramolecular Hbond substituents is 1. The second kappa shape index (κ2) is 2.74. The molecule has 3 N–H and O–H groups in total. The van der Waals surface area contributed by atoms with Crippen molar-refractivity contribution in [3.8, 4) is 11.4 Å². The molecule has 1 aromatic carbocycles. The fourth-order valence-corrected chi connectivity index (χ4v) is 0.996. The molecule has 0 aliphatic rings. The van der Waals surface area contributed by atoms with Crippen LogP contribution in [0.1, 0.15) is 0 Å². The minimum absolute atomic E-state index is 0.0847. The zero-order chi connectivity index (χ0) is 9.26. The van der Waals surface area contributed by atoms with Gasteiger partial charge in [-0.2, -0.15) is 4.68 Å². The van der Waals surface area contributed by atoms with Crippen LogP contribution < -0.4 is 5.73 Å². The number of benzene rings is 1. The molecule has 0 saturated heterocycles. The Kier molecular flexibility index (Phi) is 1.59. The minimum atomic E-state index is 0.0847. The zero-order valence-corrected chi connectivity index (χ0v) is 6.62. The van der Waals surface area contributed by atoms with E-state index in [1.54, 1.807) is 12.1 Å². The Labute approximate surface area is 73.6 Å². The lowest BCUT2D eigenvalue weighted by Crippen LogP contribution is -1.97.